The van der Waals surface area contributed by atoms with Crippen molar-refractivity contribution in [2.45, 2.75) is 53.2 Å². The number of aromatic nitrogens is 1. The first-order chi connectivity index (χ1) is 7.84. The third-order valence-corrected chi connectivity index (χ3v) is 3.52. The molecule has 0 aliphatic rings. The molecule has 98 valence electrons. The molecule has 0 aliphatic carbocycles. The second-order valence-corrected chi connectivity index (χ2v) is 6.53. The van der Waals surface area contributed by atoms with Crippen LogP contribution in [0.25, 0.3) is 0 Å². The molecule has 2 atom stereocenters. The molecule has 1 heterocycles. The number of aryl methyl sites for hydroxylation is 1. The van der Waals surface area contributed by atoms with Crippen molar-refractivity contribution in [2.75, 3.05) is 6.61 Å². The van der Waals surface area contributed by atoms with Gasteiger partial charge >= 0.3 is 0 Å². The molecule has 3 nitrogen and oxygen atoms in total. The predicted octanol–water partition coefficient (Wildman–Crippen LogP) is 2.77. The first-order valence-electron chi connectivity index (χ1n) is 6.12. The van der Waals surface area contributed by atoms with Crippen molar-refractivity contribution >= 4 is 11.3 Å². The van der Waals surface area contributed by atoms with Crippen molar-refractivity contribution in [3.8, 4) is 0 Å². The van der Waals surface area contributed by atoms with Crippen LogP contribution >= 0.6 is 11.3 Å². The summed E-state index contributed by atoms with van der Waals surface area (Å²) in [5, 5.41) is 3.18. The average molecular weight is 256 g/mol. The minimum absolute atomic E-state index is 0.00329. The molecule has 0 saturated carbocycles. The molecule has 2 N–H and O–H groups in total. The fourth-order valence-corrected chi connectivity index (χ4v) is 2.67. The van der Waals surface area contributed by atoms with Crippen LogP contribution in [-0.4, -0.2) is 23.7 Å². The summed E-state index contributed by atoms with van der Waals surface area (Å²) >= 11 is 1.67. The van der Waals surface area contributed by atoms with Gasteiger partial charge in [0.05, 0.1) is 16.8 Å². The van der Waals surface area contributed by atoms with Crippen LogP contribution in [0.3, 0.4) is 0 Å². The highest BCUT2D eigenvalue weighted by atomic mass is 32.1. The van der Waals surface area contributed by atoms with Crippen LogP contribution in [-0.2, 0) is 11.2 Å². The fraction of sp³-hybridized carbons (Fsp3) is 0.769. The van der Waals surface area contributed by atoms with Crippen molar-refractivity contribution < 1.29 is 4.74 Å². The molecule has 0 spiro atoms. The first-order valence-corrected chi connectivity index (χ1v) is 7.00. The summed E-state index contributed by atoms with van der Waals surface area (Å²) in [4.78, 5) is 4.46. The van der Waals surface area contributed by atoms with E-state index in [2.05, 4.69) is 31.1 Å². The van der Waals surface area contributed by atoms with Gasteiger partial charge in [-0.1, -0.05) is 20.8 Å². The monoisotopic (exact) mass is 256 g/mol. The van der Waals surface area contributed by atoms with Crippen LogP contribution in [0.2, 0.25) is 0 Å². The van der Waals surface area contributed by atoms with E-state index in [1.807, 2.05) is 13.8 Å². The number of ether oxygens (including phenoxy) is 1. The smallest absolute Gasteiger partial charge is 0.0897 e. The number of hydrogen-bond acceptors (Lipinski definition) is 4. The van der Waals surface area contributed by atoms with Gasteiger partial charge in [0.15, 0.2) is 0 Å². The van der Waals surface area contributed by atoms with Crippen molar-refractivity contribution in [1.29, 1.82) is 0 Å². The molecule has 17 heavy (non-hydrogen) atoms. The molecule has 2 unspecified atom stereocenters. The lowest BCUT2D eigenvalue weighted by molar-refractivity contribution is -0.0275. The third kappa shape index (κ3) is 4.37. The van der Waals surface area contributed by atoms with Gasteiger partial charge < -0.3 is 10.5 Å². The van der Waals surface area contributed by atoms with E-state index in [1.54, 1.807) is 11.3 Å². The summed E-state index contributed by atoms with van der Waals surface area (Å²) in [6, 6.07) is -0.00329. The molecular formula is C13H24N2OS. The van der Waals surface area contributed by atoms with E-state index in [4.69, 9.17) is 10.5 Å². The van der Waals surface area contributed by atoms with Gasteiger partial charge in [0.1, 0.15) is 0 Å². The van der Waals surface area contributed by atoms with Gasteiger partial charge in [0, 0.05) is 24.4 Å². The second-order valence-electron chi connectivity index (χ2n) is 5.47. The Morgan fingerprint density at radius 3 is 2.53 bits per heavy atom. The predicted molar refractivity (Wildman–Crippen MR) is 73.4 cm³/mol. The van der Waals surface area contributed by atoms with Gasteiger partial charge in [-0.3, -0.25) is 0 Å². The fourth-order valence-electron chi connectivity index (χ4n) is 2.05. The Balaban J connectivity index is 2.68. The summed E-state index contributed by atoms with van der Waals surface area (Å²) in [6.07, 6.45) is 0.848. The minimum atomic E-state index is -0.00329. The van der Waals surface area contributed by atoms with Crippen LogP contribution in [0.5, 0.6) is 0 Å². The topological polar surface area (TPSA) is 48.1 Å². The van der Waals surface area contributed by atoms with E-state index in [-0.39, 0.29) is 17.6 Å². The van der Waals surface area contributed by atoms with E-state index < -0.39 is 0 Å². The van der Waals surface area contributed by atoms with Crippen molar-refractivity contribution in [1.82, 2.24) is 4.98 Å². The van der Waals surface area contributed by atoms with Crippen LogP contribution < -0.4 is 5.73 Å². The largest absolute Gasteiger partial charge is 0.376 e. The van der Waals surface area contributed by atoms with Crippen molar-refractivity contribution in [2.24, 2.45) is 11.1 Å². The molecule has 0 amide bonds. The van der Waals surface area contributed by atoms with Gasteiger partial charge in [-0.2, -0.15) is 0 Å². The summed E-state index contributed by atoms with van der Waals surface area (Å²) in [5.74, 6) is 0. The highest BCUT2D eigenvalue weighted by Crippen LogP contribution is 2.26. The summed E-state index contributed by atoms with van der Waals surface area (Å²) in [7, 11) is 0. The van der Waals surface area contributed by atoms with Gasteiger partial charge in [-0.25, -0.2) is 4.98 Å². The van der Waals surface area contributed by atoms with Crippen LogP contribution in [0.15, 0.2) is 5.38 Å². The number of thiazole rings is 1. The first kappa shape index (κ1) is 14.6. The maximum absolute atomic E-state index is 6.27. The van der Waals surface area contributed by atoms with E-state index in [0.29, 0.717) is 6.61 Å². The second kappa shape index (κ2) is 5.94. The molecule has 0 saturated heterocycles. The Kier molecular flexibility index (Phi) is 5.10. The highest BCUT2D eigenvalue weighted by molar-refractivity contribution is 7.09. The van der Waals surface area contributed by atoms with E-state index >= 15 is 0 Å². The van der Waals surface area contributed by atoms with Gasteiger partial charge in [0.25, 0.3) is 0 Å². The number of rotatable bonds is 5. The standard InChI is InChI=1S/C13H24N2OS/c1-6-16-12(13(3,4)5)11(14)7-10-8-17-9(2)15-10/h8,11-12H,6-7,14H2,1-5H3. The molecule has 4 heteroatoms. The number of nitrogens with zero attached hydrogens (tertiary/aromatic N) is 1. The molecule has 0 aliphatic heterocycles. The molecule has 1 rings (SSSR count). The lowest BCUT2D eigenvalue weighted by Gasteiger charge is -2.34. The lowest BCUT2D eigenvalue weighted by atomic mass is 9.83. The van der Waals surface area contributed by atoms with Gasteiger partial charge in [-0.15, -0.1) is 11.3 Å². The highest BCUT2D eigenvalue weighted by Gasteiger charge is 2.31. The quantitative estimate of drug-likeness (QED) is 0.881. The lowest BCUT2D eigenvalue weighted by Crippen LogP contribution is -2.46. The van der Waals surface area contributed by atoms with Gasteiger partial charge in [-0.05, 0) is 19.3 Å². The molecule has 1 aromatic heterocycles. The zero-order chi connectivity index (χ0) is 13.1. The van der Waals surface area contributed by atoms with E-state index in [1.165, 1.54) is 0 Å². The number of hydrogen-bond donors (Lipinski definition) is 1. The summed E-state index contributed by atoms with van der Waals surface area (Å²) in [5.41, 5.74) is 7.40. The Morgan fingerprint density at radius 1 is 1.47 bits per heavy atom. The average Bonchev–Trinajstić information content (AvgIpc) is 2.58. The van der Waals surface area contributed by atoms with Crippen LogP contribution in [0.4, 0.5) is 0 Å². The summed E-state index contributed by atoms with van der Waals surface area (Å²) < 4.78 is 5.80. The molecule has 1 aromatic rings. The third-order valence-electron chi connectivity index (χ3n) is 2.70. The molecule has 0 aromatic carbocycles. The van der Waals surface area contributed by atoms with Crippen LogP contribution in [0.1, 0.15) is 38.4 Å². The molecule has 0 fully saturated rings. The maximum atomic E-state index is 6.27. The van der Waals surface area contributed by atoms with Crippen molar-refractivity contribution in [3.05, 3.63) is 16.1 Å². The normalized spacial score (nSPS) is 15.9. The molecule has 0 bridgehead atoms. The summed E-state index contributed by atoms with van der Waals surface area (Å²) in [6.45, 7) is 11.2. The Hall–Kier alpha value is -0.450. The SMILES string of the molecule is CCOC(C(N)Cc1csc(C)n1)C(C)(C)C. The van der Waals surface area contributed by atoms with E-state index in [0.717, 1.165) is 17.1 Å². The number of nitrogens with two attached hydrogens (primary N) is 1. The van der Waals surface area contributed by atoms with Crippen LogP contribution in [0, 0.1) is 12.3 Å². The van der Waals surface area contributed by atoms with E-state index in [9.17, 15) is 0 Å². The zero-order valence-corrected chi connectivity index (χ0v) is 12.3. The van der Waals surface area contributed by atoms with Gasteiger partial charge in [0.2, 0.25) is 0 Å². The zero-order valence-electron chi connectivity index (χ0n) is 11.5. The molecule has 0 radical (unpaired) electrons. The minimum Gasteiger partial charge on any atom is -0.376 e. The maximum Gasteiger partial charge on any atom is 0.0897 e. The van der Waals surface area contributed by atoms with Crippen molar-refractivity contribution in [3.63, 3.8) is 0 Å². The molecular weight excluding hydrogens is 232 g/mol. The Morgan fingerprint density at radius 2 is 2.12 bits per heavy atom. The Bertz CT molecular complexity index is 343. The Labute approximate surface area is 108 Å².